The summed E-state index contributed by atoms with van der Waals surface area (Å²) < 4.78 is 0. The SMILES string of the molecule is CCc1cccc(CC)c1Nc1ccc(O)c2c1C(=O)c1c(O)ccc(O)c1C2=O. The molecule has 0 unspecified atom stereocenters. The lowest BCUT2D eigenvalue weighted by Crippen LogP contribution is -2.23. The van der Waals surface area contributed by atoms with Crippen molar-refractivity contribution in [3.8, 4) is 17.2 Å². The zero-order valence-electron chi connectivity index (χ0n) is 16.6. The highest BCUT2D eigenvalue weighted by Crippen LogP contribution is 2.43. The molecule has 0 saturated carbocycles. The van der Waals surface area contributed by atoms with E-state index in [9.17, 15) is 24.9 Å². The van der Waals surface area contributed by atoms with E-state index in [0.717, 1.165) is 35.7 Å². The van der Waals surface area contributed by atoms with E-state index in [0.29, 0.717) is 5.69 Å². The summed E-state index contributed by atoms with van der Waals surface area (Å²) in [6.45, 7) is 4.05. The summed E-state index contributed by atoms with van der Waals surface area (Å²) in [6.07, 6.45) is 1.53. The highest BCUT2D eigenvalue weighted by molar-refractivity contribution is 6.32. The van der Waals surface area contributed by atoms with Gasteiger partial charge in [-0.05, 0) is 48.2 Å². The molecule has 0 spiro atoms. The second-order valence-electron chi connectivity index (χ2n) is 7.18. The number of aromatic hydroxyl groups is 3. The first-order valence-electron chi connectivity index (χ1n) is 9.77. The van der Waals surface area contributed by atoms with E-state index in [1.165, 1.54) is 18.2 Å². The molecule has 4 rings (SSSR count). The van der Waals surface area contributed by atoms with Crippen molar-refractivity contribution in [1.29, 1.82) is 0 Å². The molecule has 6 heteroatoms. The Balaban J connectivity index is 1.95. The van der Waals surface area contributed by atoms with Gasteiger partial charge in [-0.3, -0.25) is 9.59 Å². The minimum Gasteiger partial charge on any atom is -0.507 e. The predicted octanol–water partition coefficient (Wildman–Crippen LogP) is 4.45. The summed E-state index contributed by atoms with van der Waals surface area (Å²) >= 11 is 0. The number of fused-ring (bicyclic) bond motifs is 2. The Hall–Kier alpha value is -3.80. The van der Waals surface area contributed by atoms with Gasteiger partial charge < -0.3 is 20.6 Å². The van der Waals surface area contributed by atoms with Crippen molar-refractivity contribution in [1.82, 2.24) is 0 Å². The molecule has 0 radical (unpaired) electrons. The van der Waals surface area contributed by atoms with Crippen LogP contribution in [0.4, 0.5) is 11.4 Å². The number of nitrogens with one attached hydrogen (secondary N) is 1. The molecule has 3 aromatic rings. The van der Waals surface area contributed by atoms with Gasteiger partial charge in [-0.2, -0.15) is 0 Å². The van der Waals surface area contributed by atoms with Gasteiger partial charge in [-0.15, -0.1) is 0 Å². The first-order chi connectivity index (χ1) is 14.4. The molecule has 0 aliphatic heterocycles. The number of carbonyl (C=O) groups excluding carboxylic acids is 2. The highest BCUT2D eigenvalue weighted by Gasteiger charge is 2.38. The summed E-state index contributed by atoms with van der Waals surface area (Å²) in [5, 5.41) is 34.1. The monoisotopic (exact) mass is 403 g/mol. The normalized spacial score (nSPS) is 12.5. The number of anilines is 2. The number of benzene rings is 3. The molecule has 3 aromatic carbocycles. The molecule has 0 bridgehead atoms. The van der Waals surface area contributed by atoms with Crippen LogP contribution in [0.3, 0.4) is 0 Å². The van der Waals surface area contributed by atoms with E-state index in [4.69, 9.17) is 0 Å². The first kappa shape index (κ1) is 19.5. The zero-order valence-corrected chi connectivity index (χ0v) is 16.6. The predicted molar refractivity (Wildman–Crippen MR) is 113 cm³/mol. The highest BCUT2D eigenvalue weighted by atomic mass is 16.3. The Kier molecular flexibility index (Phi) is 4.70. The molecule has 0 atom stereocenters. The largest absolute Gasteiger partial charge is 0.507 e. The van der Waals surface area contributed by atoms with Gasteiger partial charge in [0.1, 0.15) is 17.2 Å². The fourth-order valence-electron chi connectivity index (χ4n) is 3.99. The lowest BCUT2D eigenvalue weighted by Gasteiger charge is -2.24. The number of hydrogen-bond acceptors (Lipinski definition) is 6. The number of phenolic OH excluding ortho intramolecular Hbond substituents is 3. The third-order valence-corrected chi connectivity index (χ3v) is 5.51. The van der Waals surface area contributed by atoms with Gasteiger partial charge in [-0.1, -0.05) is 32.0 Å². The van der Waals surface area contributed by atoms with Crippen molar-refractivity contribution in [3.05, 3.63) is 75.8 Å². The van der Waals surface area contributed by atoms with E-state index in [1.807, 2.05) is 32.0 Å². The molecule has 0 heterocycles. The maximum Gasteiger partial charge on any atom is 0.202 e. The summed E-state index contributed by atoms with van der Waals surface area (Å²) in [5.74, 6) is -2.53. The summed E-state index contributed by atoms with van der Waals surface area (Å²) in [4.78, 5) is 26.4. The van der Waals surface area contributed by atoms with Crippen LogP contribution in [0, 0.1) is 0 Å². The van der Waals surface area contributed by atoms with Gasteiger partial charge in [0, 0.05) is 5.69 Å². The topological polar surface area (TPSA) is 107 Å². The number of hydrogen-bond donors (Lipinski definition) is 4. The summed E-state index contributed by atoms with van der Waals surface area (Å²) in [6, 6.07) is 11.1. The van der Waals surface area contributed by atoms with Gasteiger partial charge in [0.25, 0.3) is 0 Å². The van der Waals surface area contributed by atoms with E-state index < -0.39 is 23.1 Å². The van der Waals surface area contributed by atoms with Gasteiger partial charge >= 0.3 is 0 Å². The Morgan fingerprint density at radius 3 is 1.60 bits per heavy atom. The minimum absolute atomic E-state index is 0.0265. The molecule has 0 aromatic heterocycles. The van der Waals surface area contributed by atoms with Gasteiger partial charge in [0.05, 0.1) is 27.9 Å². The van der Waals surface area contributed by atoms with Crippen LogP contribution in [-0.4, -0.2) is 26.9 Å². The molecule has 4 N–H and O–H groups in total. The molecule has 1 aliphatic carbocycles. The van der Waals surface area contributed by atoms with Crippen molar-refractivity contribution in [2.24, 2.45) is 0 Å². The molecule has 1 aliphatic rings. The van der Waals surface area contributed by atoms with Crippen LogP contribution in [0.15, 0.2) is 42.5 Å². The summed E-state index contributed by atoms with van der Waals surface area (Å²) in [5.41, 5.74) is 2.51. The molecular weight excluding hydrogens is 382 g/mol. The van der Waals surface area contributed by atoms with Crippen LogP contribution >= 0.6 is 0 Å². The van der Waals surface area contributed by atoms with Crippen molar-refractivity contribution in [3.63, 3.8) is 0 Å². The van der Waals surface area contributed by atoms with Crippen LogP contribution in [0.2, 0.25) is 0 Å². The maximum atomic E-state index is 13.3. The maximum absolute atomic E-state index is 13.3. The number of carbonyl (C=O) groups is 2. The number of para-hydroxylation sites is 1. The quantitative estimate of drug-likeness (QED) is 0.375. The zero-order chi connectivity index (χ0) is 21.6. The smallest absolute Gasteiger partial charge is 0.202 e. The van der Waals surface area contributed by atoms with Crippen LogP contribution < -0.4 is 5.32 Å². The number of rotatable bonds is 4. The second-order valence-corrected chi connectivity index (χ2v) is 7.18. The van der Waals surface area contributed by atoms with Crippen molar-refractivity contribution >= 4 is 22.9 Å². The van der Waals surface area contributed by atoms with Crippen LogP contribution in [-0.2, 0) is 12.8 Å². The van der Waals surface area contributed by atoms with Crippen molar-refractivity contribution in [2.75, 3.05) is 5.32 Å². The third kappa shape index (κ3) is 2.80. The second kappa shape index (κ2) is 7.22. The molecule has 6 nitrogen and oxygen atoms in total. The van der Waals surface area contributed by atoms with Gasteiger partial charge in [0.2, 0.25) is 11.6 Å². The summed E-state index contributed by atoms with van der Waals surface area (Å²) in [7, 11) is 0. The van der Waals surface area contributed by atoms with Crippen molar-refractivity contribution < 1.29 is 24.9 Å². The number of phenols is 3. The molecule has 30 heavy (non-hydrogen) atoms. The minimum atomic E-state index is -0.714. The average molecular weight is 403 g/mol. The van der Waals surface area contributed by atoms with Gasteiger partial charge in [-0.25, -0.2) is 0 Å². The van der Waals surface area contributed by atoms with E-state index in [2.05, 4.69) is 5.32 Å². The van der Waals surface area contributed by atoms with Crippen LogP contribution in [0.25, 0.3) is 0 Å². The van der Waals surface area contributed by atoms with E-state index >= 15 is 0 Å². The molecular formula is C24H21NO5. The Labute approximate surface area is 173 Å². The fraction of sp³-hybridized carbons (Fsp3) is 0.167. The van der Waals surface area contributed by atoms with Gasteiger partial charge in [0.15, 0.2) is 0 Å². The lowest BCUT2D eigenvalue weighted by molar-refractivity contribution is 0.0972. The third-order valence-electron chi connectivity index (χ3n) is 5.51. The Bertz CT molecular complexity index is 1190. The van der Waals surface area contributed by atoms with E-state index in [-0.39, 0.29) is 28.0 Å². The number of aryl methyl sites for hydroxylation is 2. The van der Waals surface area contributed by atoms with E-state index in [1.54, 1.807) is 0 Å². The standard InChI is InChI=1S/C24H21NO5/c1-3-12-6-5-7-13(4-2)22(12)25-14-8-9-15(26)19-18(14)23(29)20-16(27)10-11-17(28)21(20)24(19)30/h5-11,25-28H,3-4H2,1-2H3. The van der Waals surface area contributed by atoms with Crippen LogP contribution in [0.1, 0.15) is 56.8 Å². The lowest BCUT2D eigenvalue weighted by atomic mass is 9.81. The number of ketones is 2. The molecule has 0 fully saturated rings. The fourth-order valence-corrected chi connectivity index (χ4v) is 3.99. The van der Waals surface area contributed by atoms with Crippen molar-refractivity contribution in [2.45, 2.75) is 26.7 Å². The molecule has 0 amide bonds. The average Bonchev–Trinajstić information content (AvgIpc) is 2.74. The molecule has 152 valence electrons. The van der Waals surface area contributed by atoms with Crippen LogP contribution in [0.5, 0.6) is 17.2 Å². The Morgan fingerprint density at radius 1 is 0.667 bits per heavy atom. The molecule has 0 saturated heterocycles. The Morgan fingerprint density at radius 2 is 1.10 bits per heavy atom. The first-order valence-corrected chi connectivity index (χ1v) is 9.77.